The molecule has 0 aliphatic carbocycles. The minimum atomic E-state index is 0.647. The molecule has 0 unspecified atom stereocenters. The van der Waals surface area contributed by atoms with Gasteiger partial charge in [-0.2, -0.15) is 0 Å². The van der Waals surface area contributed by atoms with Crippen LogP contribution in [0.5, 0.6) is 11.5 Å². The number of rotatable bonds is 5. The number of methoxy groups -OCH3 is 2. The number of benzene rings is 2. The second kappa shape index (κ2) is 6.91. The van der Waals surface area contributed by atoms with E-state index in [1.807, 2.05) is 48.5 Å². The van der Waals surface area contributed by atoms with Crippen LogP contribution in [0.3, 0.4) is 0 Å². The summed E-state index contributed by atoms with van der Waals surface area (Å²) in [5, 5.41) is 3.24. The summed E-state index contributed by atoms with van der Waals surface area (Å²) < 4.78 is 10.5. The Hall–Kier alpha value is -2.07. The number of para-hydroxylation sites is 1. The molecule has 4 heteroatoms. The van der Waals surface area contributed by atoms with Crippen LogP contribution in [0.2, 0.25) is 0 Å². The van der Waals surface area contributed by atoms with Gasteiger partial charge in [-0.25, -0.2) is 0 Å². The minimum absolute atomic E-state index is 0.647. The highest BCUT2D eigenvalue weighted by Crippen LogP contribution is 2.18. The van der Waals surface area contributed by atoms with Crippen molar-refractivity contribution < 1.29 is 9.47 Å². The molecular weight excluding hydrogens is 270 g/mol. The van der Waals surface area contributed by atoms with Gasteiger partial charge in [-0.15, -0.1) is 0 Å². The van der Waals surface area contributed by atoms with Gasteiger partial charge in [0.25, 0.3) is 0 Å². The Kier molecular flexibility index (Phi) is 4.96. The Morgan fingerprint density at radius 2 is 1.85 bits per heavy atom. The van der Waals surface area contributed by atoms with Gasteiger partial charge in [-0.1, -0.05) is 36.5 Å². The van der Waals surface area contributed by atoms with Gasteiger partial charge in [0, 0.05) is 6.54 Å². The number of nitrogens with one attached hydrogen (secondary N) is 1. The van der Waals surface area contributed by atoms with Crippen LogP contribution in [-0.4, -0.2) is 19.2 Å². The number of ether oxygens (including phenoxy) is 2. The standard InChI is InChI=1S/C16H17NO2S/c1-18-13-7-5-6-12(10-13)11-17-16(20)14-8-3-4-9-15(14)19-2/h3-10H,11H2,1-2H3,(H,17,20). The van der Waals surface area contributed by atoms with Crippen LogP contribution >= 0.6 is 12.2 Å². The predicted molar refractivity (Wildman–Crippen MR) is 84.5 cm³/mol. The van der Waals surface area contributed by atoms with Crippen molar-refractivity contribution in [3.05, 3.63) is 59.7 Å². The summed E-state index contributed by atoms with van der Waals surface area (Å²) in [4.78, 5) is 0.672. The van der Waals surface area contributed by atoms with Gasteiger partial charge in [0.15, 0.2) is 0 Å². The predicted octanol–water partition coefficient (Wildman–Crippen LogP) is 3.17. The highest BCUT2D eigenvalue weighted by Gasteiger charge is 2.07. The van der Waals surface area contributed by atoms with Crippen molar-refractivity contribution in [3.63, 3.8) is 0 Å². The molecule has 0 radical (unpaired) electrons. The van der Waals surface area contributed by atoms with Gasteiger partial charge in [0.1, 0.15) is 16.5 Å². The molecular formula is C16H17NO2S. The van der Waals surface area contributed by atoms with E-state index >= 15 is 0 Å². The fraction of sp³-hybridized carbons (Fsp3) is 0.188. The van der Waals surface area contributed by atoms with Gasteiger partial charge in [-0.3, -0.25) is 0 Å². The fourth-order valence-electron chi connectivity index (χ4n) is 1.89. The Morgan fingerprint density at radius 1 is 1.05 bits per heavy atom. The summed E-state index contributed by atoms with van der Waals surface area (Å²) in [6, 6.07) is 15.6. The lowest BCUT2D eigenvalue weighted by Crippen LogP contribution is -2.22. The molecule has 0 saturated heterocycles. The van der Waals surface area contributed by atoms with E-state index in [1.54, 1.807) is 14.2 Å². The van der Waals surface area contributed by atoms with E-state index in [9.17, 15) is 0 Å². The molecule has 0 atom stereocenters. The molecule has 0 spiro atoms. The number of hydrogen-bond donors (Lipinski definition) is 1. The Morgan fingerprint density at radius 3 is 2.60 bits per heavy atom. The maximum atomic E-state index is 5.41. The van der Waals surface area contributed by atoms with E-state index in [0.29, 0.717) is 11.5 Å². The first kappa shape index (κ1) is 14.3. The SMILES string of the molecule is COc1cccc(CNC(=S)c2ccccc2OC)c1. The van der Waals surface area contributed by atoms with E-state index in [4.69, 9.17) is 21.7 Å². The Labute approximate surface area is 124 Å². The second-order valence-corrected chi connectivity index (χ2v) is 4.64. The molecule has 0 aromatic heterocycles. The van der Waals surface area contributed by atoms with Crippen LogP contribution in [0.4, 0.5) is 0 Å². The Balaban J connectivity index is 2.04. The van der Waals surface area contributed by atoms with Crippen molar-refractivity contribution >= 4 is 17.2 Å². The second-order valence-electron chi connectivity index (χ2n) is 4.23. The van der Waals surface area contributed by atoms with Gasteiger partial charge in [0.2, 0.25) is 0 Å². The van der Waals surface area contributed by atoms with E-state index in [2.05, 4.69) is 5.32 Å². The van der Waals surface area contributed by atoms with Crippen LogP contribution < -0.4 is 14.8 Å². The molecule has 0 saturated carbocycles. The first-order chi connectivity index (χ1) is 9.74. The highest BCUT2D eigenvalue weighted by atomic mass is 32.1. The summed E-state index contributed by atoms with van der Waals surface area (Å²) in [5.74, 6) is 1.61. The van der Waals surface area contributed by atoms with Gasteiger partial charge >= 0.3 is 0 Å². The van der Waals surface area contributed by atoms with Crippen LogP contribution in [0, 0.1) is 0 Å². The lowest BCUT2D eigenvalue weighted by Gasteiger charge is -2.12. The summed E-state index contributed by atoms with van der Waals surface area (Å²) in [5.41, 5.74) is 2.01. The van der Waals surface area contributed by atoms with Crippen molar-refractivity contribution in [1.29, 1.82) is 0 Å². The van der Waals surface area contributed by atoms with Crippen molar-refractivity contribution in [1.82, 2.24) is 5.32 Å². The average Bonchev–Trinajstić information content (AvgIpc) is 2.52. The molecule has 0 bridgehead atoms. The number of hydrogen-bond acceptors (Lipinski definition) is 3. The smallest absolute Gasteiger partial charge is 0.129 e. The third-order valence-electron chi connectivity index (χ3n) is 2.94. The largest absolute Gasteiger partial charge is 0.497 e. The molecule has 2 rings (SSSR count). The molecule has 2 aromatic carbocycles. The molecule has 1 N–H and O–H groups in total. The van der Waals surface area contributed by atoms with E-state index < -0.39 is 0 Å². The first-order valence-corrected chi connectivity index (χ1v) is 6.69. The fourth-order valence-corrected chi connectivity index (χ4v) is 2.13. The van der Waals surface area contributed by atoms with Crippen molar-refractivity contribution in [2.45, 2.75) is 6.54 Å². The molecule has 0 amide bonds. The number of thiocarbonyl (C=S) groups is 1. The summed E-state index contributed by atoms with van der Waals surface area (Å²) in [7, 11) is 3.30. The van der Waals surface area contributed by atoms with Crippen molar-refractivity contribution in [2.24, 2.45) is 0 Å². The molecule has 104 valence electrons. The summed E-state index contributed by atoms with van der Waals surface area (Å²) >= 11 is 5.41. The highest BCUT2D eigenvalue weighted by molar-refractivity contribution is 7.80. The van der Waals surface area contributed by atoms with Crippen LogP contribution in [0.1, 0.15) is 11.1 Å². The maximum Gasteiger partial charge on any atom is 0.129 e. The third kappa shape index (κ3) is 3.48. The quantitative estimate of drug-likeness (QED) is 0.856. The zero-order valence-corrected chi connectivity index (χ0v) is 12.4. The zero-order chi connectivity index (χ0) is 14.4. The third-order valence-corrected chi connectivity index (χ3v) is 3.30. The van der Waals surface area contributed by atoms with Gasteiger partial charge < -0.3 is 14.8 Å². The van der Waals surface area contributed by atoms with Gasteiger partial charge in [0.05, 0.1) is 19.8 Å². The summed E-state index contributed by atoms with van der Waals surface area (Å²) in [6.07, 6.45) is 0. The normalized spacial score (nSPS) is 9.90. The topological polar surface area (TPSA) is 30.5 Å². The summed E-state index contributed by atoms with van der Waals surface area (Å²) in [6.45, 7) is 0.647. The van der Waals surface area contributed by atoms with Gasteiger partial charge in [-0.05, 0) is 29.8 Å². The molecule has 0 fully saturated rings. The van der Waals surface area contributed by atoms with Crippen molar-refractivity contribution in [3.8, 4) is 11.5 Å². The molecule has 0 aliphatic heterocycles. The van der Waals surface area contributed by atoms with E-state index in [0.717, 1.165) is 22.6 Å². The van der Waals surface area contributed by atoms with Crippen molar-refractivity contribution in [2.75, 3.05) is 14.2 Å². The van der Waals surface area contributed by atoms with E-state index in [-0.39, 0.29) is 0 Å². The monoisotopic (exact) mass is 287 g/mol. The first-order valence-electron chi connectivity index (χ1n) is 6.28. The molecule has 0 heterocycles. The van der Waals surface area contributed by atoms with Crippen LogP contribution in [-0.2, 0) is 6.54 Å². The Bertz CT molecular complexity index is 599. The lowest BCUT2D eigenvalue weighted by atomic mass is 10.1. The lowest BCUT2D eigenvalue weighted by molar-refractivity contribution is 0.413. The van der Waals surface area contributed by atoms with E-state index in [1.165, 1.54) is 0 Å². The molecule has 20 heavy (non-hydrogen) atoms. The van der Waals surface area contributed by atoms with Crippen LogP contribution in [0.25, 0.3) is 0 Å². The maximum absolute atomic E-state index is 5.41. The average molecular weight is 287 g/mol. The zero-order valence-electron chi connectivity index (χ0n) is 11.6. The molecule has 3 nitrogen and oxygen atoms in total. The molecule has 2 aromatic rings. The molecule has 0 aliphatic rings. The van der Waals surface area contributed by atoms with Crippen LogP contribution in [0.15, 0.2) is 48.5 Å². The minimum Gasteiger partial charge on any atom is -0.497 e.